The van der Waals surface area contributed by atoms with Gasteiger partial charge in [0.1, 0.15) is 0 Å². The normalized spacial score (nSPS) is 17.7. The first-order chi connectivity index (χ1) is 10.4. The van der Waals surface area contributed by atoms with E-state index in [4.69, 9.17) is 0 Å². The van der Waals surface area contributed by atoms with Gasteiger partial charge in [0.05, 0.1) is 0 Å². The second kappa shape index (κ2) is 7.19. The molecule has 1 saturated carbocycles. The summed E-state index contributed by atoms with van der Waals surface area (Å²) in [6.45, 7) is 2.07. The third-order valence-electron chi connectivity index (χ3n) is 4.65. The largest absolute Gasteiger partial charge is 0.312 e. The minimum Gasteiger partial charge on any atom is -0.312 e. The van der Waals surface area contributed by atoms with Crippen LogP contribution in [0.5, 0.6) is 0 Å². The van der Waals surface area contributed by atoms with Crippen LogP contribution in [0.25, 0.3) is 0 Å². The lowest BCUT2D eigenvalue weighted by Crippen LogP contribution is -2.37. The molecule has 0 atom stereocenters. The summed E-state index contributed by atoms with van der Waals surface area (Å²) in [6, 6.07) is 11.0. The Kier molecular flexibility index (Phi) is 5.04. The van der Waals surface area contributed by atoms with Gasteiger partial charge in [-0.3, -0.25) is 0 Å². The van der Waals surface area contributed by atoms with Gasteiger partial charge in [0.25, 0.3) is 0 Å². The molecule has 1 fully saturated rings. The fourth-order valence-corrected chi connectivity index (χ4v) is 4.07. The molecule has 112 valence electrons. The lowest BCUT2D eigenvalue weighted by molar-refractivity contribution is 0.180. The second-order valence-electron chi connectivity index (χ2n) is 6.36. The molecule has 0 radical (unpaired) electrons. The molecule has 1 aliphatic rings. The van der Waals surface area contributed by atoms with Gasteiger partial charge < -0.3 is 5.32 Å². The third kappa shape index (κ3) is 4.14. The molecule has 2 nitrogen and oxygen atoms in total. The van der Waals surface area contributed by atoms with Gasteiger partial charge >= 0.3 is 0 Å². The standard InChI is InChI=1S/C18H24N2S/c1-3-7-16(8-4-1)11-18(9-5-2-6-10-18)15-19-12-17-13-20-21-14-17/h1,3-4,7-8,13-14,19H,2,5-6,9-12,15H2. The van der Waals surface area contributed by atoms with E-state index in [0.29, 0.717) is 5.41 Å². The summed E-state index contributed by atoms with van der Waals surface area (Å²) in [5.41, 5.74) is 3.24. The molecule has 0 bridgehead atoms. The van der Waals surface area contributed by atoms with Crippen LogP contribution in [-0.4, -0.2) is 10.9 Å². The van der Waals surface area contributed by atoms with Crippen molar-refractivity contribution in [2.75, 3.05) is 6.54 Å². The summed E-state index contributed by atoms with van der Waals surface area (Å²) in [5, 5.41) is 5.82. The van der Waals surface area contributed by atoms with Crippen molar-refractivity contribution >= 4 is 11.5 Å². The van der Waals surface area contributed by atoms with E-state index < -0.39 is 0 Å². The van der Waals surface area contributed by atoms with Crippen molar-refractivity contribution in [2.24, 2.45) is 5.41 Å². The fraction of sp³-hybridized carbons (Fsp3) is 0.500. The van der Waals surface area contributed by atoms with E-state index >= 15 is 0 Å². The summed E-state index contributed by atoms with van der Waals surface area (Å²) < 4.78 is 4.17. The molecule has 0 aliphatic heterocycles. The molecule has 0 amide bonds. The molecule has 1 N–H and O–H groups in total. The van der Waals surface area contributed by atoms with Gasteiger partial charge in [0, 0.05) is 24.7 Å². The van der Waals surface area contributed by atoms with E-state index in [0.717, 1.165) is 13.1 Å². The Bertz CT molecular complexity index is 515. The van der Waals surface area contributed by atoms with Crippen molar-refractivity contribution in [1.82, 2.24) is 9.69 Å². The predicted octanol–water partition coefficient (Wildman–Crippen LogP) is 4.43. The number of benzene rings is 1. The Morgan fingerprint density at radius 2 is 1.86 bits per heavy atom. The molecule has 1 heterocycles. The van der Waals surface area contributed by atoms with Crippen LogP contribution in [0.15, 0.2) is 41.9 Å². The average Bonchev–Trinajstić information content (AvgIpc) is 3.02. The number of rotatable bonds is 6. The summed E-state index contributed by atoms with van der Waals surface area (Å²) in [5.74, 6) is 0. The van der Waals surface area contributed by atoms with Crippen molar-refractivity contribution in [3.05, 3.63) is 53.0 Å². The molecule has 1 aliphatic carbocycles. The molecular formula is C18H24N2S. The first kappa shape index (κ1) is 14.7. The van der Waals surface area contributed by atoms with E-state index in [-0.39, 0.29) is 0 Å². The topological polar surface area (TPSA) is 24.9 Å². The van der Waals surface area contributed by atoms with Crippen molar-refractivity contribution in [3.8, 4) is 0 Å². The highest BCUT2D eigenvalue weighted by Crippen LogP contribution is 2.38. The molecule has 1 aromatic carbocycles. The second-order valence-corrected chi connectivity index (χ2v) is 7.02. The smallest absolute Gasteiger partial charge is 0.0451 e. The van der Waals surface area contributed by atoms with Gasteiger partial charge in [-0.2, -0.15) is 0 Å². The summed E-state index contributed by atoms with van der Waals surface area (Å²) in [4.78, 5) is 0. The highest BCUT2D eigenvalue weighted by atomic mass is 32.1. The molecule has 0 saturated heterocycles. The van der Waals surface area contributed by atoms with Gasteiger partial charge in [-0.05, 0) is 47.3 Å². The van der Waals surface area contributed by atoms with Gasteiger partial charge in [-0.15, -0.1) is 0 Å². The maximum atomic E-state index is 4.17. The number of nitrogens with zero attached hydrogens (tertiary/aromatic N) is 1. The van der Waals surface area contributed by atoms with Crippen molar-refractivity contribution < 1.29 is 0 Å². The zero-order valence-corrected chi connectivity index (χ0v) is 13.4. The third-order valence-corrected chi connectivity index (χ3v) is 5.28. The van der Waals surface area contributed by atoms with Gasteiger partial charge in [0.15, 0.2) is 0 Å². The van der Waals surface area contributed by atoms with E-state index in [1.807, 2.05) is 6.20 Å². The van der Waals surface area contributed by atoms with Crippen LogP contribution in [0.2, 0.25) is 0 Å². The van der Waals surface area contributed by atoms with Crippen molar-refractivity contribution in [1.29, 1.82) is 0 Å². The van der Waals surface area contributed by atoms with E-state index in [9.17, 15) is 0 Å². The van der Waals surface area contributed by atoms with Crippen molar-refractivity contribution in [2.45, 2.75) is 45.1 Å². The molecule has 2 aromatic rings. The predicted molar refractivity (Wildman–Crippen MR) is 89.5 cm³/mol. The molecule has 0 unspecified atom stereocenters. The summed E-state index contributed by atoms with van der Waals surface area (Å²) in [6.07, 6.45) is 10.1. The van der Waals surface area contributed by atoms with Crippen LogP contribution < -0.4 is 5.32 Å². The first-order valence-corrected chi connectivity index (χ1v) is 8.83. The van der Waals surface area contributed by atoms with Crippen LogP contribution in [0.4, 0.5) is 0 Å². The Labute approximate surface area is 131 Å². The van der Waals surface area contributed by atoms with Crippen LogP contribution in [-0.2, 0) is 13.0 Å². The summed E-state index contributed by atoms with van der Waals surface area (Å²) >= 11 is 1.54. The van der Waals surface area contributed by atoms with Crippen LogP contribution in [0.3, 0.4) is 0 Å². The van der Waals surface area contributed by atoms with E-state index in [2.05, 4.69) is 45.4 Å². The Morgan fingerprint density at radius 1 is 1.05 bits per heavy atom. The quantitative estimate of drug-likeness (QED) is 0.854. The molecule has 1 aromatic heterocycles. The number of hydrogen-bond acceptors (Lipinski definition) is 3. The molecule has 3 heteroatoms. The number of aromatic nitrogens is 1. The van der Waals surface area contributed by atoms with Crippen LogP contribution in [0, 0.1) is 5.41 Å². The lowest BCUT2D eigenvalue weighted by Gasteiger charge is -2.38. The van der Waals surface area contributed by atoms with Gasteiger partial charge in [-0.25, -0.2) is 4.37 Å². The van der Waals surface area contributed by atoms with Gasteiger partial charge in [-0.1, -0.05) is 49.6 Å². The van der Waals surface area contributed by atoms with E-state index in [1.54, 1.807) is 0 Å². The Hall–Kier alpha value is -1.19. The minimum atomic E-state index is 0.447. The maximum absolute atomic E-state index is 4.17. The minimum absolute atomic E-state index is 0.447. The van der Waals surface area contributed by atoms with Gasteiger partial charge in [0.2, 0.25) is 0 Å². The molecular weight excluding hydrogens is 276 g/mol. The van der Waals surface area contributed by atoms with Crippen LogP contribution in [0.1, 0.15) is 43.2 Å². The van der Waals surface area contributed by atoms with Crippen molar-refractivity contribution in [3.63, 3.8) is 0 Å². The molecule has 3 rings (SSSR count). The number of nitrogens with one attached hydrogen (secondary N) is 1. The SMILES string of the molecule is c1ccc(CC2(CNCc3cnsc3)CCCCC2)cc1. The average molecular weight is 300 g/mol. The van der Waals surface area contributed by atoms with Crippen LogP contribution >= 0.6 is 11.5 Å². The van der Waals surface area contributed by atoms with E-state index in [1.165, 1.54) is 61.2 Å². The Balaban J connectivity index is 1.62. The monoisotopic (exact) mass is 300 g/mol. The highest BCUT2D eigenvalue weighted by Gasteiger charge is 2.31. The molecule has 0 spiro atoms. The lowest BCUT2D eigenvalue weighted by atomic mass is 9.70. The number of hydrogen-bond donors (Lipinski definition) is 1. The first-order valence-electron chi connectivity index (χ1n) is 7.99. The zero-order chi connectivity index (χ0) is 14.4. The fourth-order valence-electron chi connectivity index (χ4n) is 3.53. The zero-order valence-electron chi connectivity index (χ0n) is 12.6. The Morgan fingerprint density at radius 3 is 2.57 bits per heavy atom. The highest BCUT2D eigenvalue weighted by molar-refractivity contribution is 7.03. The maximum Gasteiger partial charge on any atom is 0.0451 e. The molecule has 21 heavy (non-hydrogen) atoms. The summed E-state index contributed by atoms with van der Waals surface area (Å²) in [7, 11) is 0.